The number of aromatic nitrogens is 3. The first-order chi connectivity index (χ1) is 10.3. The van der Waals surface area contributed by atoms with Crippen molar-refractivity contribution in [2.75, 3.05) is 6.54 Å². The minimum atomic E-state index is -0.110. The number of amides is 1. The number of carbonyl (C=O) groups excluding carboxylic acids is 1. The molecule has 7 nitrogen and oxygen atoms in total. The van der Waals surface area contributed by atoms with Crippen LogP contribution in [0.5, 0.6) is 0 Å². The maximum Gasteiger partial charge on any atom is 0.246 e. The fraction of sp³-hybridized carbons (Fsp3) is 0.429. The van der Waals surface area contributed by atoms with Crippen LogP contribution in [0.1, 0.15) is 25.2 Å². The number of nitrogens with zero attached hydrogens (tertiary/aromatic N) is 3. The molecule has 0 saturated carbocycles. The molecule has 2 N–H and O–H groups in total. The quantitative estimate of drug-likeness (QED) is 0.867. The minimum Gasteiger partial charge on any atom is -0.346 e. The predicted molar refractivity (Wildman–Crippen MR) is 75.0 cm³/mol. The molecule has 0 aliphatic carbocycles. The van der Waals surface area contributed by atoms with E-state index in [1.165, 1.54) is 0 Å². The molecule has 1 amide bonds. The van der Waals surface area contributed by atoms with E-state index in [2.05, 4.69) is 25.8 Å². The molecule has 0 unspecified atom stereocenters. The second-order valence-corrected chi connectivity index (χ2v) is 4.97. The summed E-state index contributed by atoms with van der Waals surface area (Å²) in [7, 11) is 0. The van der Waals surface area contributed by atoms with Crippen LogP contribution in [-0.4, -0.2) is 33.6 Å². The van der Waals surface area contributed by atoms with E-state index in [0.717, 1.165) is 31.4 Å². The lowest BCUT2D eigenvalue weighted by Crippen LogP contribution is -2.46. The monoisotopic (exact) mass is 287 g/mol. The molecule has 2 aromatic heterocycles. The van der Waals surface area contributed by atoms with Crippen LogP contribution in [0.4, 0.5) is 0 Å². The Bertz CT molecular complexity index is 592. The van der Waals surface area contributed by atoms with Gasteiger partial charge in [0.25, 0.3) is 0 Å². The van der Waals surface area contributed by atoms with E-state index in [1.807, 2.05) is 0 Å². The number of piperidine rings is 1. The Labute approximate surface area is 122 Å². The van der Waals surface area contributed by atoms with Crippen molar-refractivity contribution in [1.29, 1.82) is 0 Å². The van der Waals surface area contributed by atoms with Crippen molar-refractivity contribution in [3.8, 4) is 11.4 Å². The van der Waals surface area contributed by atoms with Gasteiger partial charge in [0.2, 0.25) is 17.6 Å². The highest BCUT2D eigenvalue weighted by Gasteiger charge is 2.20. The molecule has 2 aromatic rings. The van der Waals surface area contributed by atoms with Crippen molar-refractivity contribution in [3.05, 3.63) is 30.4 Å². The molecule has 0 bridgehead atoms. The Kier molecular flexibility index (Phi) is 4.20. The van der Waals surface area contributed by atoms with Gasteiger partial charge in [0.1, 0.15) is 0 Å². The first kappa shape index (κ1) is 13.7. The summed E-state index contributed by atoms with van der Waals surface area (Å²) in [6, 6.07) is 3.50. The Morgan fingerprint density at radius 3 is 3.00 bits per heavy atom. The number of nitrogens with one attached hydrogen (secondary N) is 2. The smallest absolute Gasteiger partial charge is 0.246 e. The summed E-state index contributed by atoms with van der Waals surface area (Å²) in [4.78, 5) is 20.2. The first-order valence-corrected chi connectivity index (χ1v) is 7.07. The zero-order valence-electron chi connectivity index (χ0n) is 11.6. The number of carbonyl (C=O) groups is 1. The van der Waals surface area contributed by atoms with Crippen molar-refractivity contribution in [2.24, 2.45) is 0 Å². The summed E-state index contributed by atoms with van der Waals surface area (Å²) >= 11 is 0. The van der Waals surface area contributed by atoms with Crippen LogP contribution in [0.2, 0.25) is 0 Å². The molecule has 0 aromatic carbocycles. The van der Waals surface area contributed by atoms with Crippen LogP contribution in [0, 0.1) is 0 Å². The van der Waals surface area contributed by atoms with E-state index in [4.69, 9.17) is 4.52 Å². The van der Waals surface area contributed by atoms with Gasteiger partial charge < -0.3 is 15.2 Å². The van der Waals surface area contributed by atoms with E-state index in [9.17, 15) is 4.79 Å². The van der Waals surface area contributed by atoms with Crippen LogP contribution < -0.4 is 10.6 Å². The summed E-state index contributed by atoms with van der Waals surface area (Å²) in [5.74, 6) is 0.877. The van der Waals surface area contributed by atoms with Crippen molar-refractivity contribution in [3.63, 3.8) is 0 Å². The van der Waals surface area contributed by atoms with Crippen LogP contribution in [-0.2, 0) is 11.3 Å². The van der Waals surface area contributed by atoms with Crippen LogP contribution in [0.25, 0.3) is 11.4 Å². The standard InChI is InChI=1S/C14H17N5O2/c20-14(11-3-1-2-6-16-11)17-9-12-18-13(19-21-12)10-4-7-15-8-5-10/h4-5,7-8,11,16H,1-3,6,9H2,(H,17,20)/t11-/m1/s1. The van der Waals surface area contributed by atoms with Gasteiger partial charge in [0, 0.05) is 18.0 Å². The van der Waals surface area contributed by atoms with Crippen LogP contribution >= 0.6 is 0 Å². The molecule has 1 saturated heterocycles. The van der Waals surface area contributed by atoms with Crippen LogP contribution in [0.15, 0.2) is 29.0 Å². The van der Waals surface area contributed by atoms with Gasteiger partial charge in [-0.3, -0.25) is 9.78 Å². The molecule has 0 spiro atoms. The Hall–Kier alpha value is -2.28. The van der Waals surface area contributed by atoms with E-state index in [-0.39, 0.29) is 18.5 Å². The third-order valence-electron chi connectivity index (χ3n) is 3.45. The Morgan fingerprint density at radius 1 is 1.38 bits per heavy atom. The predicted octanol–water partition coefficient (Wildman–Crippen LogP) is 0.890. The van der Waals surface area contributed by atoms with E-state index >= 15 is 0 Å². The summed E-state index contributed by atoms with van der Waals surface area (Å²) in [5, 5.41) is 9.92. The molecular formula is C14H17N5O2. The van der Waals surface area contributed by atoms with Crippen molar-refractivity contribution >= 4 is 5.91 Å². The van der Waals surface area contributed by atoms with Gasteiger partial charge in [-0.2, -0.15) is 4.98 Å². The lowest BCUT2D eigenvalue weighted by molar-refractivity contribution is -0.123. The van der Waals surface area contributed by atoms with Crippen LogP contribution in [0.3, 0.4) is 0 Å². The van der Waals surface area contributed by atoms with Gasteiger partial charge in [-0.25, -0.2) is 0 Å². The van der Waals surface area contributed by atoms with Gasteiger partial charge in [-0.1, -0.05) is 11.6 Å². The third-order valence-corrected chi connectivity index (χ3v) is 3.45. The number of pyridine rings is 1. The molecule has 110 valence electrons. The normalized spacial score (nSPS) is 18.4. The zero-order valence-corrected chi connectivity index (χ0v) is 11.6. The average molecular weight is 287 g/mol. The Morgan fingerprint density at radius 2 is 2.24 bits per heavy atom. The topological polar surface area (TPSA) is 92.9 Å². The van der Waals surface area contributed by atoms with Gasteiger partial charge in [-0.05, 0) is 31.5 Å². The van der Waals surface area contributed by atoms with Gasteiger partial charge >= 0.3 is 0 Å². The molecule has 1 aliphatic rings. The van der Waals surface area contributed by atoms with Crippen molar-refractivity contribution < 1.29 is 9.32 Å². The minimum absolute atomic E-state index is 0.0154. The zero-order chi connectivity index (χ0) is 14.5. The lowest BCUT2D eigenvalue weighted by atomic mass is 10.0. The highest BCUT2D eigenvalue weighted by atomic mass is 16.5. The molecule has 1 fully saturated rings. The fourth-order valence-electron chi connectivity index (χ4n) is 2.31. The number of hydrogen-bond donors (Lipinski definition) is 2. The second-order valence-electron chi connectivity index (χ2n) is 4.97. The molecular weight excluding hydrogens is 270 g/mol. The summed E-state index contributed by atoms with van der Waals surface area (Å²) in [5.41, 5.74) is 0.834. The number of hydrogen-bond acceptors (Lipinski definition) is 6. The molecule has 21 heavy (non-hydrogen) atoms. The summed E-state index contributed by atoms with van der Waals surface area (Å²) in [6.07, 6.45) is 6.42. The SMILES string of the molecule is O=C(NCc1nc(-c2ccncc2)no1)[C@H]1CCCCN1. The summed E-state index contributed by atoms with van der Waals surface area (Å²) in [6.45, 7) is 1.14. The highest BCUT2D eigenvalue weighted by molar-refractivity contribution is 5.81. The van der Waals surface area contributed by atoms with E-state index in [1.54, 1.807) is 24.5 Å². The number of rotatable bonds is 4. The maximum absolute atomic E-state index is 12.0. The van der Waals surface area contributed by atoms with E-state index < -0.39 is 0 Å². The Balaban J connectivity index is 1.56. The van der Waals surface area contributed by atoms with Crippen molar-refractivity contribution in [1.82, 2.24) is 25.8 Å². The molecule has 7 heteroatoms. The van der Waals surface area contributed by atoms with Crippen molar-refractivity contribution in [2.45, 2.75) is 31.8 Å². The second kappa shape index (κ2) is 6.45. The van der Waals surface area contributed by atoms with E-state index in [0.29, 0.717) is 11.7 Å². The largest absolute Gasteiger partial charge is 0.346 e. The molecule has 0 radical (unpaired) electrons. The maximum atomic E-state index is 12.0. The summed E-state index contributed by atoms with van der Waals surface area (Å²) < 4.78 is 5.14. The molecule has 1 aliphatic heterocycles. The van der Waals surface area contributed by atoms with Gasteiger partial charge in [0.05, 0.1) is 12.6 Å². The lowest BCUT2D eigenvalue weighted by Gasteiger charge is -2.22. The third kappa shape index (κ3) is 3.43. The average Bonchev–Trinajstić information content (AvgIpc) is 3.03. The van der Waals surface area contributed by atoms with Gasteiger partial charge in [0.15, 0.2) is 0 Å². The highest BCUT2D eigenvalue weighted by Crippen LogP contribution is 2.14. The van der Waals surface area contributed by atoms with Gasteiger partial charge in [-0.15, -0.1) is 0 Å². The first-order valence-electron chi connectivity index (χ1n) is 7.07. The molecule has 3 heterocycles. The fourth-order valence-corrected chi connectivity index (χ4v) is 2.31. The molecule has 1 atom stereocenters. The molecule has 3 rings (SSSR count).